The zero-order valence-electron chi connectivity index (χ0n) is 20.1. The van der Waals surface area contributed by atoms with Crippen molar-refractivity contribution in [3.8, 4) is 11.8 Å². The average molecular weight is 484 g/mol. The summed E-state index contributed by atoms with van der Waals surface area (Å²) in [5, 5.41) is 47.4. The monoisotopic (exact) mass is 483 g/mol. The molecule has 35 heavy (non-hydrogen) atoms. The molecule has 0 amide bonds. The number of benzene rings is 2. The van der Waals surface area contributed by atoms with Gasteiger partial charge in [0.2, 0.25) is 0 Å². The van der Waals surface area contributed by atoms with Gasteiger partial charge in [-0.15, -0.1) is 5.11 Å². The van der Waals surface area contributed by atoms with Gasteiger partial charge in [-0.25, -0.2) is 0 Å². The molecule has 188 valence electrons. The maximum Gasteiger partial charge on any atom is 0.270 e. The number of nitro groups is 1. The third-order valence-electron chi connectivity index (χ3n) is 5.36. The first-order chi connectivity index (χ1) is 17.0. The van der Waals surface area contributed by atoms with Gasteiger partial charge < -0.3 is 19.8 Å². The van der Waals surface area contributed by atoms with Gasteiger partial charge >= 0.3 is 0 Å². The number of rotatable bonds is 16. The van der Waals surface area contributed by atoms with Crippen LogP contribution in [0, 0.1) is 21.4 Å². The highest BCUT2D eigenvalue weighted by molar-refractivity contribution is 5.64. The molecule has 0 atom stereocenters. The Morgan fingerprint density at radius 1 is 1.03 bits per heavy atom. The van der Waals surface area contributed by atoms with Crippen LogP contribution in [0.3, 0.4) is 0 Å². The second kappa shape index (κ2) is 15.4. The normalized spacial score (nSPS) is 10.9. The average Bonchev–Trinajstić information content (AvgIpc) is 2.86. The minimum Gasteiger partial charge on any atom is -0.491 e. The summed E-state index contributed by atoms with van der Waals surface area (Å²) in [6.45, 7) is 3.23. The minimum absolute atomic E-state index is 0.0520. The molecule has 0 aliphatic heterocycles. The number of hydrogen-bond acceptors (Lipinski definition) is 9. The fraction of sp³-hybridized carbons (Fsp3) is 0.480. The Bertz CT molecular complexity index is 1020. The lowest BCUT2D eigenvalue weighted by atomic mass is 10.1. The molecule has 0 spiro atoms. The second-order valence-corrected chi connectivity index (χ2v) is 7.97. The Morgan fingerprint density at radius 3 is 2.40 bits per heavy atom. The number of unbranched alkanes of at least 4 members (excludes halogenated alkanes) is 5. The Morgan fingerprint density at radius 2 is 1.74 bits per heavy atom. The van der Waals surface area contributed by atoms with Crippen LogP contribution in [-0.4, -0.2) is 48.0 Å². The van der Waals surface area contributed by atoms with Crippen LogP contribution in [0.15, 0.2) is 46.6 Å². The van der Waals surface area contributed by atoms with E-state index in [1.54, 1.807) is 18.2 Å². The Kier molecular flexibility index (Phi) is 12.2. The van der Waals surface area contributed by atoms with E-state index in [1.807, 2.05) is 11.0 Å². The van der Waals surface area contributed by atoms with Crippen molar-refractivity contribution in [1.82, 2.24) is 0 Å². The lowest BCUT2D eigenvalue weighted by Gasteiger charge is -2.25. The predicted molar refractivity (Wildman–Crippen MR) is 134 cm³/mol. The molecule has 0 aliphatic carbocycles. The van der Waals surface area contributed by atoms with Crippen molar-refractivity contribution >= 4 is 22.7 Å². The second-order valence-electron chi connectivity index (χ2n) is 7.97. The lowest BCUT2D eigenvalue weighted by Crippen LogP contribution is -2.30. The van der Waals surface area contributed by atoms with E-state index in [1.165, 1.54) is 31.4 Å². The van der Waals surface area contributed by atoms with Gasteiger partial charge in [0.1, 0.15) is 17.5 Å². The van der Waals surface area contributed by atoms with Crippen LogP contribution in [0.25, 0.3) is 0 Å². The summed E-state index contributed by atoms with van der Waals surface area (Å²) < 4.78 is 6.06. The lowest BCUT2D eigenvalue weighted by molar-refractivity contribution is -0.384. The smallest absolute Gasteiger partial charge is 0.270 e. The highest BCUT2D eigenvalue weighted by atomic mass is 16.6. The molecular formula is C25H33N5O5. The first-order valence-corrected chi connectivity index (χ1v) is 11.9. The summed E-state index contributed by atoms with van der Waals surface area (Å²) >= 11 is 0. The molecule has 0 radical (unpaired) electrons. The van der Waals surface area contributed by atoms with Crippen LogP contribution >= 0.6 is 0 Å². The molecule has 0 heterocycles. The van der Waals surface area contributed by atoms with E-state index in [2.05, 4.69) is 17.2 Å². The summed E-state index contributed by atoms with van der Waals surface area (Å²) in [7, 11) is 0. The standard InChI is InChI=1S/C25H33N5O5/c1-2-3-4-5-6-7-16-35-25-18-21(8-11-24(25)29(12-14-31)13-15-32)27-28-23-10-9-22(30(33)34)17-20(23)19-26/h8-11,17-18,31-32H,2-7,12-16H2,1H3. The highest BCUT2D eigenvalue weighted by Gasteiger charge is 2.14. The summed E-state index contributed by atoms with van der Waals surface area (Å²) in [5.41, 5.74) is 1.28. The van der Waals surface area contributed by atoms with E-state index in [9.17, 15) is 25.6 Å². The molecule has 0 saturated heterocycles. The van der Waals surface area contributed by atoms with Crippen molar-refractivity contribution in [3.63, 3.8) is 0 Å². The van der Waals surface area contributed by atoms with Crippen molar-refractivity contribution in [2.75, 3.05) is 37.8 Å². The predicted octanol–water partition coefficient (Wildman–Crippen LogP) is 5.41. The quantitative estimate of drug-likeness (QED) is 0.140. The van der Waals surface area contributed by atoms with Crippen molar-refractivity contribution in [3.05, 3.63) is 52.1 Å². The van der Waals surface area contributed by atoms with Gasteiger partial charge in [-0.3, -0.25) is 10.1 Å². The number of anilines is 1. The SMILES string of the molecule is CCCCCCCCOc1cc(N=Nc2ccc([N+](=O)[O-])cc2C#N)ccc1N(CCO)CCO. The molecule has 0 saturated carbocycles. The third kappa shape index (κ3) is 8.96. The van der Waals surface area contributed by atoms with E-state index < -0.39 is 4.92 Å². The molecule has 2 aromatic carbocycles. The van der Waals surface area contributed by atoms with Crippen LogP contribution < -0.4 is 9.64 Å². The first kappa shape index (κ1) is 27.7. The molecule has 0 aliphatic rings. The van der Waals surface area contributed by atoms with Crippen LogP contribution in [0.4, 0.5) is 22.7 Å². The fourth-order valence-electron chi connectivity index (χ4n) is 3.53. The van der Waals surface area contributed by atoms with E-state index >= 15 is 0 Å². The van der Waals surface area contributed by atoms with Gasteiger partial charge in [0.25, 0.3) is 5.69 Å². The number of non-ortho nitro benzene ring substituents is 1. The van der Waals surface area contributed by atoms with Crippen LogP contribution in [0.2, 0.25) is 0 Å². The molecule has 0 bridgehead atoms. The molecule has 2 N–H and O–H groups in total. The molecule has 2 rings (SSSR count). The van der Waals surface area contributed by atoms with Crippen molar-refractivity contribution < 1.29 is 19.9 Å². The van der Waals surface area contributed by atoms with Crippen molar-refractivity contribution in [2.45, 2.75) is 45.4 Å². The van der Waals surface area contributed by atoms with E-state index in [0.29, 0.717) is 31.1 Å². The summed E-state index contributed by atoms with van der Waals surface area (Å²) in [5.74, 6) is 0.557. The molecule has 0 fully saturated rings. The van der Waals surface area contributed by atoms with Gasteiger partial charge in [0.05, 0.1) is 41.7 Å². The van der Waals surface area contributed by atoms with Gasteiger partial charge in [0, 0.05) is 31.3 Å². The largest absolute Gasteiger partial charge is 0.491 e. The summed E-state index contributed by atoms with van der Waals surface area (Å²) in [6, 6.07) is 10.9. The van der Waals surface area contributed by atoms with Crippen LogP contribution in [-0.2, 0) is 0 Å². The number of ether oxygens (including phenoxy) is 1. The number of nitrogens with zero attached hydrogens (tertiary/aromatic N) is 5. The molecule has 10 heteroatoms. The highest BCUT2D eigenvalue weighted by Crippen LogP contribution is 2.34. The summed E-state index contributed by atoms with van der Waals surface area (Å²) in [6.07, 6.45) is 6.79. The zero-order chi connectivity index (χ0) is 25.5. The Hall–Kier alpha value is -3.55. The number of nitriles is 1. The number of azo groups is 1. The van der Waals surface area contributed by atoms with Crippen LogP contribution in [0.1, 0.15) is 51.0 Å². The molecule has 0 unspecified atom stereocenters. The molecular weight excluding hydrogens is 450 g/mol. The third-order valence-corrected chi connectivity index (χ3v) is 5.36. The van der Waals surface area contributed by atoms with Gasteiger partial charge in [-0.1, -0.05) is 39.0 Å². The number of nitro benzene ring substituents is 1. The van der Waals surface area contributed by atoms with Crippen molar-refractivity contribution in [2.24, 2.45) is 10.2 Å². The molecule has 2 aromatic rings. The number of aliphatic hydroxyl groups is 2. The Balaban J connectivity index is 2.23. The summed E-state index contributed by atoms with van der Waals surface area (Å²) in [4.78, 5) is 12.2. The van der Waals surface area contributed by atoms with Gasteiger partial charge in [-0.05, 0) is 24.6 Å². The van der Waals surface area contributed by atoms with Crippen LogP contribution in [0.5, 0.6) is 5.75 Å². The minimum atomic E-state index is -0.571. The fourth-order valence-corrected chi connectivity index (χ4v) is 3.53. The van der Waals surface area contributed by atoms with Gasteiger partial charge in [-0.2, -0.15) is 10.4 Å². The maximum atomic E-state index is 10.9. The first-order valence-electron chi connectivity index (χ1n) is 11.9. The molecule has 0 aromatic heterocycles. The maximum absolute atomic E-state index is 10.9. The van der Waals surface area contributed by atoms with Crippen molar-refractivity contribution in [1.29, 1.82) is 5.26 Å². The molecule has 10 nitrogen and oxygen atoms in total. The number of aliphatic hydroxyl groups excluding tert-OH is 2. The topological polar surface area (TPSA) is 145 Å². The van der Waals surface area contributed by atoms with Gasteiger partial charge in [0.15, 0.2) is 0 Å². The zero-order valence-corrected chi connectivity index (χ0v) is 20.1. The Labute approximate surface area is 205 Å². The van der Waals surface area contributed by atoms with E-state index in [-0.39, 0.29) is 30.2 Å². The van der Waals surface area contributed by atoms with E-state index in [0.717, 1.165) is 31.0 Å². The number of hydrogen-bond donors (Lipinski definition) is 2. The van der Waals surface area contributed by atoms with E-state index in [4.69, 9.17) is 4.74 Å².